The molecule has 4 N–H and O–H groups in total. The third-order valence-electron chi connectivity index (χ3n) is 3.31. The molecule has 21 heavy (non-hydrogen) atoms. The Morgan fingerprint density at radius 3 is 3.00 bits per heavy atom. The van der Waals surface area contributed by atoms with Gasteiger partial charge in [-0.25, -0.2) is 4.98 Å². The van der Waals surface area contributed by atoms with Gasteiger partial charge in [-0.1, -0.05) is 0 Å². The number of rotatable bonds is 3. The minimum Gasteiger partial charge on any atom is -0.399 e. The Hall–Kier alpha value is -2.34. The number of carbonyl (C=O) groups is 1. The zero-order valence-corrected chi connectivity index (χ0v) is 12.6. The summed E-state index contributed by atoms with van der Waals surface area (Å²) in [6.45, 7) is 3.87. The first-order chi connectivity index (χ1) is 10.0. The molecule has 3 aromatic rings. The van der Waals surface area contributed by atoms with Crippen LogP contribution in [0.5, 0.6) is 0 Å². The van der Waals surface area contributed by atoms with E-state index < -0.39 is 0 Å². The molecule has 0 bridgehead atoms. The number of hydrogen-bond donors (Lipinski definition) is 3. The lowest BCUT2D eigenvalue weighted by Gasteiger charge is -2.10. The summed E-state index contributed by atoms with van der Waals surface area (Å²) in [5.41, 5.74) is 8.89. The van der Waals surface area contributed by atoms with Gasteiger partial charge in [0.1, 0.15) is 5.01 Å². The van der Waals surface area contributed by atoms with Crippen molar-refractivity contribution in [1.82, 2.24) is 15.3 Å². The van der Waals surface area contributed by atoms with Crippen LogP contribution in [0.3, 0.4) is 0 Å². The predicted molar refractivity (Wildman–Crippen MR) is 85.4 cm³/mol. The number of nitrogens with two attached hydrogens (primary N) is 1. The van der Waals surface area contributed by atoms with E-state index >= 15 is 0 Å². The minimum absolute atomic E-state index is 0.123. The molecule has 0 aliphatic rings. The van der Waals surface area contributed by atoms with Crippen molar-refractivity contribution in [3.63, 3.8) is 0 Å². The van der Waals surface area contributed by atoms with Gasteiger partial charge in [-0.15, -0.1) is 11.3 Å². The van der Waals surface area contributed by atoms with E-state index in [2.05, 4.69) is 15.3 Å². The summed E-state index contributed by atoms with van der Waals surface area (Å²) in [6, 6.07) is 5.36. The molecule has 3 rings (SSSR count). The SMILES string of the molecule is Cc1csc(C(C)NC(=O)c2c[nH]c3ccc(N)cc23)n1. The fourth-order valence-corrected chi connectivity index (χ4v) is 3.04. The Balaban J connectivity index is 1.85. The molecular formula is C15H16N4OS. The van der Waals surface area contributed by atoms with Gasteiger partial charge in [-0.2, -0.15) is 0 Å². The number of H-pyrrole nitrogens is 1. The van der Waals surface area contributed by atoms with Crippen LogP contribution in [0.1, 0.15) is 34.0 Å². The number of benzene rings is 1. The van der Waals surface area contributed by atoms with Gasteiger partial charge in [0.05, 0.1) is 11.6 Å². The lowest BCUT2D eigenvalue weighted by Crippen LogP contribution is -2.26. The molecule has 5 nitrogen and oxygen atoms in total. The number of hydrogen-bond acceptors (Lipinski definition) is 4. The Bertz CT molecular complexity index is 805. The smallest absolute Gasteiger partial charge is 0.254 e. The third kappa shape index (κ3) is 2.62. The molecule has 0 radical (unpaired) electrons. The number of aromatic amines is 1. The van der Waals surface area contributed by atoms with Crippen LogP contribution < -0.4 is 11.1 Å². The first kappa shape index (κ1) is 13.6. The van der Waals surface area contributed by atoms with Crippen molar-refractivity contribution in [2.45, 2.75) is 19.9 Å². The van der Waals surface area contributed by atoms with Gasteiger partial charge in [-0.05, 0) is 32.0 Å². The molecule has 6 heteroatoms. The normalized spacial score (nSPS) is 12.5. The van der Waals surface area contributed by atoms with E-state index in [4.69, 9.17) is 5.73 Å². The molecule has 0 fully saturated rings. The van der Waals surface area contributed by atoms with Crippen LogP contribution in [0.2, 0.25) is 0 Å². The molecule has 0 saturated heterocycles. The lowest BCUT2D eigenvalue weighted by molar-refractivity contribution is 0.0941. The summed E-state index contributed by atoms with van der Waals surface area (Å²) in [4.78, 5) is 19.9. The second-order valence-electron chi connectivity index (χ2n) is 5.03. The summed E-state index contributed by atoms with van der Waals surface area (Å²) in [6.07, 6.45) is 1.71. The highest BCUT2D eigenvalue weighted by atomic mass is 32.1. The standard InChI is InChI=1S/C15H16N4OS/c1-8-7-21-15(18-8)9(2)19-14(20)12-6-17-13-4-3-10(16)5-11(12)13/h3-7,9,17H,16H2,1-2H3,(H,19,20). The van der Waals surface area contributed by atoms with E-state index in [9.17, 15) is 4.79 Å². The van der Waals surface area contributed by atoms with Crippen molar-refractivity contribution in [3.05, 3.63) is 46.0 Å². The van der Waals surface area contributed by atoms with Crippen molar-refractivity contribution < 1.29 is 4.79 Å². The Morgan fingerprint density at radius 1 is 1.48 bits per heavy atom. The average Bonchev–Trinajstić information content (AvgIpc) is 3.04. The summed E-state index contributed by atoms with van der Waals surface area (Å²) in [5, 5.41) is 6.68. The molecule has 2 heterocycles. The number of fused-ring (bicyclic) bond motifs is 1. The van der Waals surface area contributed by atoms with Crippen molar-refractivity contribution in [3.8, 4) is 0 Å². The zero-order chi connectivity index (χ0) is 15.0. The maximum atomic E-state index is 12.4. The maximum Gasteiger partial charge on any atom is 0.254 e. The average molecular weight is 300 g/mol. The van der Waals surface area contributed by atoms with Gasteiger partial charge in [0.15, 0.2) is 0 Å². The molecule has 108 valence electrons. The summed E-state index contributed by atoms with van der Waals surface area (Å²) < 4.78 is 0. The predicted octanol–water partition coefficient (Wildman–Crippen LogP) is 3.01. The second kappa shape index (κ2) is 5.21. The van der Waals surface area contributed by atoms with Gasteiger partial charge in [0.25, 0.3) is 5.91 Å². The first-order valence-corrected chi connectivity index (χ1v) is 7.52. The number of carbonyl (C=O) groups excluding carboxylic acids is 1. The number of nitrogens with one attached hydrogen (secondary N) is 2. The largest absolute Gasteiger partial charge is 0.399 e. The van der Waals surface area contributed by atoms with Crippen LogP contribution in [0.4, 0.5) is 5.69 Å². The number of aromatic nitrogens is 2. The molecule has 1 atom stereocenters. The first-order valence-electron chi connectivity index (χ1n) is 6.64. The van der Waals surface area contributed by atoms with Crippen LogP contribution in [0, 0.1) is 6.92 Å². The molecule has 1 aromatic carbocycles. The number of thiazole rings is 1. The molecular weight excluding hydrogens is 284 g/mol. The van der Waals surface area contributed by atoms with Crippen molar-refractivity contribution >= 4 is 33.8 Å². The van der Waals surface area contributed by atoms with E-state index in [1.807, 2.05) is 31.4 Å². The summed E-state index contributed by atoms with van der Waals surface area (Å²) >= 11 is 1.55. The van der Waals surface area contributed by atoms with Gasteiger partial charge in [0.2, 0.25) is 0 Å². The molecule has 1 amide bonds. The summed E-state index contributed by atoms with van der Waals surface area (Å²) in [5.74, 6) is -0.132. The van der Waals surface area contributed by atoms with E-state index in [0.29, 0.717) is 11.3 Å². The second-order valence-corrected chi connectivity index (χ2v) is 5.92. The topological polar surface area (TPSA) is 83.8 Å². The molecule has 0 saturated carbocycles. The molecule has 2 aromatic heterocycles. The molecule has 1 unspecified atom stereocenters. The van der Waals surface area contributed by atoms with Crippen LogP contribution in [0.25, 0.3) is 10.9 Å². The lowest BCUT2D eigenvalue weighted by atomic mass is 10.1. The van der Waals surface area contributed by atoms with Crippen LogP contribution in [-0.2, 0) is 0 Å². The van der Waals surface area contributed by atoms with E-state index in [1.54, 1.807) is 23.6 Å². The van der Waals surface area contributed by atoms with Gasteiger partial charge < -0.3 is 16.0 Å². The minimum atomic E-state index is -0.132. The van der Waals surface area contributed by atoms with E-state index in [-0.39, 0.29) is 11.9 Å². The van der Waals surface area contributed by atoms with Gasteiger partial charge in [-0.3, -0.25) is 4.79 Å². The van der Waals surface area contributed by atoms with Crippen LogP contribution in [0.15, 0.2) is 29.8 Å². The highest BCUT2D eigenvalue weighted by molar-refractivity contribution is 7.09. The van der Waals surface area contributed by atoms with Gasteiger partial charge >= 0.3 is 0 Å². The number of nitrogen functional groups attached to an aromatic ring is 1. The fourth-order valence-electron chi connectivity index (χ4n) is 2.23. The van der Waals surface area contributed by atoms with Crippen molar-refractivity contribution in [2.24, 2.45) is 0 Å². The number of nitrogens with zero attached hydrogens (tertiary/aromatic N) is 1. The maximum absolute atomic E-state index is 12.4. The van der Waals surface area contributed by atoms with Crippen molar-refractivity contribution in [1.29, 1.82) is 0 Å². The Labute approximate surface area is 126 Å². The zero-order valence-electron chi connectivity index (χ0n) is 11.8. The number of anilines is 1. The molecule has 0 aliphatic heterocycles. The highest BCUT2D eigenvalue weighted by Crippen LogP contribution is 2.23. The third-order valence-corrected chi connectivity index (χ3v) is 4.45. The van der Waals surface area contributed by atoms with Crippen LogP contribution >= 0.6 is 11.3 Å². The number of aryl methyl sites for hydroxylation is 1. The van der Waals surface area contributed by atoms with Crippen molar-refractivity contribution in [2.75, 3.05) is 5.73 Å². The fraction of sp³-hybridized carbons (Fsp3) is 0.200. The molecule has 0 aliphatic carbocycles. The van der Waals surface area contributed by atoms with Crippen LogP contribution in [-0.4, -0.2) is 15.9 Å². The quantitative estimate of drug-likeness (QED) is 0.650. The Kier molecular flexibility index (Phi) is 3.39. The molecule has 0 spiro atoms. The number of amides is 1. The highest BCUT2D eigenvalue weighted by Gasteiger charge is 2.17. The van der Waals surface area contributed by atoms with Gasteiger partial charge in [0, 0.05) is 33.9 Å². The Morgan fingerprint density at radius 2 is 2.29 bits per heavy atom. The van der Waals surface area contributed by atoms with E-state index in [1.165, 1.54) is 0 Å². The monoisotopic (exact) mass is 300 g/mol. The van der Waals surface area contributed by atoms with E-state index in [0.717, 1.165) is 21.6 Å². The summed E-state index contributed by atoms with van der Waals surface area (Å²) in [7, 11) is 0.